The Labute approximate surface area is 163 Å². The second kappa shape index (κ2) is 7.79. The van der Waals surface area contributed by atoms with Crippen LogP contribution in [0.3, 0.4) is 0 Å². The number of fused-ring (bicyclic) bond motifs is 3. The van der Waals surface area contributed by atoms with Gasteiger partial charge in [-0.3, -0.25) is 4.79 Å². The summed E-state index contributed by atoms with van der Waals surface area (Å²) in [6, 6.07) is 7.86. The summed E-state index contributed by atoms with van der Waals surface area (Å²) in [7, 11) is 1.64. The molecule has 0 spiro atoms. The van der Waals surface area contributed by atoms with Gasteiger partial charge in [0.15, 0.2) is 0 Å². The SMILES string of the molecule is COCCn1c2ccccc2n2c(=O)n(CC(=O)N[C@@H]3CCCC[C@H]3C)nc12. The van der Waals surface area contributed by atoms with Crippen LogP contribution in [0.15, 0.2) is 29.1 Å². The summed E-state index contributed by atoms with van der Waals surface area (Å²) in [5.41, 5.74) is 1.41. The van der Waals surface area contributed by atoms with Crippen LogP contribution in [0.25, 0.3) is 16.8 Å². The summed E-state index contributed by atoms with van der Waals surface area (Å²) in [4.78, 5) is 25.5. The van der Waals surface area contributed by atoms with Gasteiger partial charge in [-0.15, -0.1) is 5.10 Å². The molecule has 8 nitrogen and oxygen atoms in total. The van der Waals surface area contributed by atoms with Crippen LogP contribution in [-0.4, -0.2) is 44.4 Å². The van der Waals surface area contributed by atoms with Crippen molar-refractivity contribution in [1.29, 1.82) is 0 Å². The average Bonchev–Trinajstić information content (AvgIpc) is 3.16. The lowest BCUT2D eigenvalue weighted by atomic mass is 9.86. The fourth-order valence-electron chi connectivity index (χ4n) is 4.20. The minimum Gasteiger partial charge on any atom is -0.383 e. The number of methoxy groups -OCH3 is 1. The molecule has 4 rings (SSSR count). The smallest absolute Gasteiger partial charge is 0.352 e. The van der Waals surface area contributed by atoms with Gasteiger partial charge < -0.3 is 14.6 Å². The number of carbonyl (C=O) groups is 1. The number of ether oxygens (including phenoxy) is 1. The zero-order valence-electron chi connectivity index (χ0n) is 16.4. The van der Waals surface area contributed by atoms with Crippen molar-refractivity contribution in [3.8, 4) is 0 Å². The summed E-state index contributed by atoms with van der Waals surface area (Å²) in [6.45, 7) is 3.19. The molecule has 2 aromatic heterocycles. The lowest BCUT2D eigenvalue weighted by Crippen LogP contribution is -2.43. The molecule has 0 radical (unpaired) electrons. The van der Waals surface area contributed by atoms with Crippen LogP contribution in [0.1, 0.15) is 32.6 Å². The Morgan fingerprint density at radius 3 is 2.75 bits per heavy atom. The largest absolute Gasteiger partial charge is 0.383 e. The average molecular weight is 385 g/mol. The molecule has 0 saturated heterocycles. The second-order valence-corrected chi connectivity index (χ2v) is 7.64. The molecule has 1 aliphatic carbocycles. The summed E-state index contributed by atoms with van der Waals surface area (Å²) < 4.78 is 9.99. The molecule has 1 amide bonds. The lowest BCUT2D eigenvalue weighted by Gasteiger charge is -2.29. The van der Waals surface area contributed by atoms with Crippen molar-refractivity contribution in [2.75, 3.05) is 13.7 Å². The van der Waals surface area contributed by atoms with Crippen LogP contribution in [0.5, 0.6) is 0 Å². The number of hydrogen-bond acceptors (Lipinski definition) is 4. The molecule has 1 aromatic carbocycles. The maximum absolute atomic E-state index is 13.0. The number of hydrogen-bond donors (Lipinski definition) is 1. The molecule has 1 saturated carbocycles. The molecule has 28 heavy (non-hydrogen) atoms. The van der Waals surface area contributed by atoms with E-state index in [0.29, 0.717) is 24.8 Å². The third kappa shape index (κ3) is 3.32. The first-order valence-electron chi connectivity index (χ1n) is 9.95. The van der Waals surface area contributed by atoms with Gasteiger partial charge in [-0.2, -0.15) is 0 Å². The molecule has 0 bridgehead atoms. The summed E-state index contributed by atoms with van der Waals surface area (Å²) in [5.74, 6) is 0.842. The Bertz CT molecular complexity index is 1050. The number of carbonyl (C=O) groups excluding carboxylic acids is 1. The monoisotopic (exact) mass is 385 g/mol. The van der Waals surface area contributed by atoms with Gasteiger partial charge in [0.2, 0.25) is 11.7 Å². The predicted molar refractivity (Wildman–Crippen MR) is 106 cm³/mol. The van der Waals surface area contributed by atoms with Crippen molar-refractivity contribution in [3.63, 3.8) is 0 Å². The van der Waals surface area contributed by atoms with E-state index in [9.17, 15) is 9.59 Å². The highest BCUT2D eigenvalue weighted by Gasteiger charge is 2.24. The molecular formula is C20H27N5O3. The van der Waals surface area contributed by atoms with Gasteiger partial charge in [0, 0.05) is 19.7 Å². The van der Waals surface area contributed by atoms with Crippen LogP contribution in [0.4, 0.5) is 0 Å². The molecule has 3 aromatic rings. The number of aromatic nitrogens is 4. The van der Waals surface area contributed by atoms with Gasteiger partial charge in [0.05, 0.1) is 17.6 Å². The molecule has 150 valence electrons. The van der Waals surface area contributed by atoms with E-state index in [0.717, 1.165) is 30.3 Å². The molecule has 0 unspecified atom stereocenters. The number of nitrogens with zero attached hydrogens (tertiary/aromatic N) is 4. The third-order valence-electron chi connectivity index (χ3n) is 5.75. The maximum Gasteiger partial charge on any atom is 0.352 e. The van der Waals surface area contributed by atoms with Crippen molar-refractivity contribution in [3.05, 3.63) is 34.7 Å². The highest BCUT2D eigenvalue weighted by Crippen LogP contribution is 2.23. The van der Waals surface area contributed by atoms with Gasteiger partial charge >= 0.3 is 5.69 Å². The van der Waals surface area contributed by atoms with Gasteiger partial charge in [0.1, 0.15) is 6.54 Å². The van der Waals surface area contributed by atoms with Gasteiger partial charge in [0.25, 0.3) is 0 Å². The van der Waals surface area contributed by atoms with E-state index in [1.165, 1.54) is 11.1 Å². The predicted octanol–water partition coefficient (Wildman–Crippen LogP) is 1.79. The minimum atomic E-state index is -0.297. The summed E-state index contributed by atoms with van der Waals surface area (Å²) in [6.07, 6.45) is 4.49. The quantitative estimate of drug-likeness (QED) is 0.701. The topological polar surface area (TPSA) is 82.6 Å². The van der Waals surface area contributed by atoms with Gasteiger partial charge in [-0.25, -0.2) is 13.9 Å². The second-order valence-electron chi connectivity index (χ2n) is 7.64. The van der Waals surface area contributed by atoms with Gasteiger partial charge in [-0.1, -0.05) is 31.9 Å². The molecule has 2 heterocycles. The molecular weight excluding hydrogens is 358 g/mol. The number of rotatable bonds is 6. The van der Waals surface area contributed by atoms with Crippen LogP contribution in [-0.2, 0) is 22.6 Å². The van der Waals surface area contributed by atoms with Crippen molar-refractivity contribution in [2.45, 2.75) is 51.7 Å². The van der Waals surface area contributed by atoms with Crippen LogP contribution < -0.4 is 11.0 Å². The highest BCUT2D eigenvalue weighted by atomic mass is 16.5. The van der Waals surface area contributed by atoms with Gasteiger partial charge in [-0.05, 0) is 30.9 Å². The van der Waals surface area contributed by atoms with Crippen LogP contribution >= 0.6 is 0 Å². The Balaban J connectivity index is 1.64. The van der Waals surface area contributed by atoms with E-state index in [4.69, 9.17) is 4.74 Å². The number of nitrogens with one attached hydrogen (secondary N) is 1. The lowest BCUT2D eigenvalue weighted by molar-refractivity contribution is -0.123. The number of imidazole rings is 1. The first kappa shape index (κ1) is 18.7. The zero-order valence-corrected chi connectivity index (χ0v) is 16.4. The first-order chi connectivity index (χ1) is 13.6. The van der Waals surface area contributed by atoms with Crippen molar-refractivity contribution in [2.24, 2.45) is 5.92 Å². The molecule has 1 aliphatic rings. The Morgan fingerprint density at radius 1 is 1.25 bits per heavy atom. The minimum absolute atomic E-state index is 0.0671. The number of benzene rings is 1. The van der Waals surface area contributed by atoms with Crippen molar-refractivity contribution in [1.82, 2.24) is 24.1 Å². The molecule has 1 N–H and O–H groups in total. The van der Waals surface area contributed by atoms with E-state index in [1.807, 2.05) is 28.8 Å². The summed E-state index contributed by atoms with van der Waals surface area (Å²) in [5, 5.41) is 7.56. The standard InChI is InChI=1S/C20H27N5O3/c1-14-7-3-4-8-15(14)21-18(26)13-24-20(27)25-17-10-6-5-9-16(17)23(11-12-28-2)19(25)22-24/h5-6,9-10,14-15H,3-4,7-8,11-13H2,1-2H3,(H,21,26)/t14-,15-/m1/s1. The van der Waals surface area contributed by atoms with E-state index in [-0.39, 0.29) is 24.2 Å². The van der Waals surface area contributed by atoms with Crippen molar-refractivity contribution < 1.29 is 9.53 Å². The normalized spacial score (nSPS) is 20.1. The van der Waals surface area contributed by atoms with Crippen LogP contribution in [0, 0.1) is 5.92 Å². The maximum atomic E-state index is 13.0. The van der Waals surface area contributed by atoms with E-state index >= 15 is 0 Å². The highest BCUT2D eigenvalue weighted by molar-refractivity contribution is 5.81. The number of para-hydroxylation sites is 2. The van der Waals surface area contributed by atoms with Crippen molar-refractivity contribution >= 4 is 22.7 Å². The fourth-order valence-corrected chi connectivity index (χ4v) is 4.20. The molecule has 1 fully saturated rings. The van der Waals surface area contributed by atoms with Crippen LogP contribution in [0.2, 0.25) is 0 Å². The van der Waals surface area contributed by atoms with E-state index < -0.39 is 0 Å². The first-order valence-corrected chi connectivity index (χ1v) is 9.95. The summed E-state index contributed by atoms with van der Waals surface area (Å²) >= 11 is 0. The molecule has 2 atom stereocenters. The zero-order chi connectivity index (χ0) is 19.7. The molecule has 0 aliphatic heterocycles. The fraction of sp³-hybridized carbons (Fsp3) is 0.550. The molecule has 8 heteroatoms. The van der Waals surface area contributed by atoms with E-state index in [2.05, 4.69) is 17.3 Å². The third-order valence-corrected chi connectivity index (χ3v) is 5.75. The Hall–Kier alpha value is -2.61. The van der Waals surface area contributed by atoms with E-state index in [1.54, 1.807) is 11.5 Å². The number of amides is 1. The Kier molecular flexibility index (Phi) is 5.21. The Morgan fingerprint density at radius 2 is 2.00 bits per heavy atom.